The molecule has 1 saturated heterocycles. The second-order valence-electron chi connectivity index (χ2n) is 3.89. The van der Waals surface area contributed by atoms with E-state index < -0.39 is 0 Å². The first-order valence-electron chi connectivity index (χ1n) is 5.61. The van der Waals surface area contributed by atoms with Crippen LogP contribution in [0.25, 0.3) is 4.85 Å². The van der Waals surface area contributed by atoms with Gasteiger partial charge in [-0.15, -0.1) is 0 Å². The molecule has 1 fully saturated rings. The molecule has 4 heteroatoms. The number of carbonyl (C=O) groups excluding carboxylic acids is 1. The van der Waals surface area contributed by atoms with Crippen LogP contribution in [0.2, 0.25) is 0 Å². The Labute approximate surface area is 91.7 Å². The van der Waals surface area contributed by atoms with Gasteiger partial charge in [0, 0.05) is 26.2 Å². The van der Waals surface area contributed by atoms with Crippen molar-refractivity contribution < 1.29 is 4.79 Å². The van der Waals surface area contributed by atoms with Crippen molar-refractivity contribution >= 4 is 5.91 Å². The summed E-state index contributed by atoms with van der Waals surface area (Å²) >= 11 is 0. The molecule has 84 valence electrons. The van der Waals surface area contributed by atoms with Crippen LogP contribution in [0.15, 0.2) is 0 Å². The van der Waals surface area contributed by atoms with E-state index in [2.05, 4.69) is 16.7 Å². The van der Waals surface area contributed by atoms with Crippen molar-refractivity contribution in [2.24, 2.45) is 0 Å². The molecule has 0 bridgehead atoms. The highest BCUT2D eigenvalue weighted by Gasteiger charge is 2.21. The minimum Gasteiger partial charge on any atom is -0.334 e. The first-order valence-corrected chi connectivity index (χ1v) is 5.61. The van der Waals surface area contributed by atoms with Crippen molar-refractivity contribution in [3.8, 4) is 0 Å². The smallest absolute Gasteiger partial charge is 0.302 e. The summed E-state index contributed by atoms with van der Waals surface area (Å²) in [6.45, 7) is 13.5. The third-order valence-corrected chi connectivity index (χ3v) is 2.77. The second-order valence-corrected chi connectivity index (χ2v) is 3.89. The standard InChI is InChI=1S/C11H19N3O/c1-3-4-5-13-6-8-14(9-7-13)11(15)10-12-2/h3-10H2,1H3. The summed E-state index contributed by atoms with van der Waals surface area (Å²) in [5.41, 5.74) is 0. The Balaban J connectivity index is 2.24. The van der Waals surface area contributed by atoms with Crippen molar-refractivity contribution in [1.82, 2.24) is 9.80 Å². The van der Waals surface area contributed by atoms with E-state index in [9.17, 15) is 4.79 Å². The molecule has 0 unspecified atom stereocenters. The molecular formula is C11H19N3O. The molecule has 1 heterocycles. The third-order valence-electron chi connectivity index (χ3n) is 2.77. The monoisotopic (exact) mass is 209 g/mol. The lowest BCUT2D eigenvalue weighted by Crippen LogP contribution is -2.49. The predicted octanol–water partition coefficient (Wildman–Crippen LogP) is 0.850. The van der Waals surface area contributed by atoms with Gasteiger partial charge in [0.05, 0.1) is 0 Å². The molecule has 0 aliphatic carbocycles. The lowest BCUT2D eigenvalue weighted by molar-refractivity contribution is -0.130. The van der Waals surface area contributed by atoms with Gasteiger partial charge in [-0.3, -0.25) is 9.69 Å². The van der Waals surface area contributed by atoms with Crippen LogP contribution in [0, 0.1) is 6.57 Å². The van der Waals surface area contributed by atoms with E-state index in [1.807, 2.05) is 0 Å². The van der Waals surface area contributed by atoms with Gasteiger partial charge >= 0.3 is 5.91 Å². The number of hydrogen-bond acceptors (Lipinski definition) is 2. The molecule has 4 nitrogen and oxygen atoms in total. The fourth-order valence-electron chi connectivity index (χ4n) is 1.77. The summed E-state index contributed by atoms with van der Waals surface area (Å²) in [5.74, 6) is -0.0138. The largest absolute Gasteiger partial charge is 0.334 e. The minimum atomic E-state index is -0.0138. The molecule has 15 heavy (non-hydrogen) atoms. The molecule has 1 aliphatic heterocycles. The number of rotatable bonds is 4. The third kappa shape index (κ3) is 3.88. The molecule has 1 rings (SSSR count). The summed E-state index contributed by atoms with van der Waals surface area (Å²) in [6, 6.07) is 0. The maximum Gasteiger partial charge on any atom is 0.302 e. The van der Waals surface area contributed by atoms with Gasteiger partial charge in [0.1, 0.15) is 0 Å². The van der Waals surface area contributed by atoms with Gasteiger partial charge in [-0.05, 0) is 13.0 Å². The lowest BCUT2D eigenvalue weighted by atomic mass is 10.2. The van der Waals surface area contributed by atoms with Crippen LogP contribution in [0.5, 0.6) is 0 Å². The summed E-state index contributed by atoms with van der Waals surface area (Å²) in [6.07, 6.45) is 2.45. The van der Waals surface area contributed by atoms with Gasteiger partial charge in [0.25, 0.3) is 6.54 Å². The Morgan fingerprint density at radius 2 is 2.00 bits per heavy atom. The van der Waals surface area contributed by atoms with E-state index in [4.69, 9.17) is 6.57 Å². The highest BCUT2D eigenvalue weighted by molar-refractivity contribution is 5.79. The maximum atomic E-state index is 11.4. The quantitative estimate of drug-likeness (QED) is 0.642. The Morgan fingerprint density at radius 1 is 1.33 bits per heavy atom. The molecule has 0 spiro atoms. The zero-order valence-corrected chi connectivity index (χ0v) is 9.41. The molecule has 0 saturated carbocycles. The zero-order chi connectivity index (χ0) is 11.1. The fourth-order valence-corrected chi connectivity index (χ4v) is 1.77. The van der Waals surface area contributed by atoms with Gasteiger partial charge in [0.15, 0.2) is 0 Å². The van der Waals surface area contributed by atoms with E-state index in [0.29, 0.717) is 0 Å². The SMILES string of the molecule is [C-]#[N+]CC(=O)N1CCN(CCCC)CC1. The Hall–Kier alpha value is -1.08. The van der Waals surface area contributed by atoms with E-state index in [1.165, 1.54) is 12.8 Å². The zero-order valence-electron chi connectivity index (χ0n) is 9.41. The average molecular weight is 209 g/mol. The van der Waals surface area contributed by atoms with Crippen LogP contribution >= 0.6 is 0 Å². The Kier molecular flexibility index (Phi) is 5.13. The summed E-state index contributed by atoms with van der Waals surface area (Å²) in [5, 5.41) is 0. The fraction of sp³-hybridized carbons (Fsp3) is 0.818. The molecule has 0 aromatic rings. The number of hydrogen-bond donors (Lipinski definition) is 0. The molecule has 0 radical (unpaired) electrons. The normalized spacial score (nSPS) is 17.5. The molecular weight excluding hydrogens is 190 g/mol. The van der Waals surface area contributed by atoms with Crippen LogP contribution in [-0.4, -0.2) is 55.0 Å². The summed E-state index contributed by atoms with van der Waals surface area (Å²) in [4.78, 5) is 18.7. The van der Waals surface area contributed by atoms with Crippen LogP contribution < -0.4 is 0 Å². The number of unbranched alkanes of at least 4 members (excludes halogenated alkanes) is 1. The van der Waals surface area contributed by atoms with E-state index in [1.54, 1.807) is 4.90 Å². The molecule has 1 amide bonds. The van der Waals surface area contributed by atoms with Crippen LogP contribution in [0.4, 0.5) is 0 Å². The molecule has 1 aliphatic rings. The molecule has 0 aromatic carbocycles. The van der Waals surface area contributed by atoms with E-state index >= 15 is 0 Å². The first-order chi connectivity index (χ1) is 7.27. The van der Waals surface area contributed by atoms with Crippen molar-refractivity contribution in [3.05, 3.63) is 11.4 Å². The Morgan fingerprint density at radius 3 is 2.53 bits per heavy atom. The van der Waals surface area contributed by atoms with Crippen LogP contribution in [0.3, 0.4) is 0 Å². The van der Waals surface area contributed by atoms with Gasteiger partial charge in [-0.2, -0.15) is 0 Å². The van der Waals surface area contributed by atoms with Gasteiger partial charge in [0.2, 0.25) is 0 Å². The highest BCUT2D eigenvalue weighted by Crippen LogP contribution is 2.03. The average Bonchev–Trinajstić information content (AvgIpc) is 2.27. The number of nitrogens with zero attached hydrogens (tertiary/aromatic N) is 3. The van der Waals surface area contributed by atoms with Crippen molar-refractivity contribution in [2.45, 2.75) is 19.8 Å². The van der Waals surface area contributed by atoms with Crippen molar-refractivity contribution in [3.63, 3.8) is 0 Å². The van der Waals surface area contributed by atoms with Crippen LogP contribution in [0.1, 0.15) is 19.8 Å². The minimum absolute atomic E-state index is 0.00889. The second kappa shape index (κ2) is 6.41. The molecule has 0 aromatic heterocycles. The van der Waals surface area contributed by atoms with E-state index in [-0.39, 0.29) is 12.5 Å². The first kappa shape index (κ1) is 12.0. The maximum absolute atomic E-state index is 11.4. The molecule has 0 N–H and O–H groups in total. The molecule has 0 atom stereocenters. The van der Waals surface area contributed by atoms with Gasteiger partial charge in [-0.1, -0.05) is 13.3 Å². The number of carbonyl (C=O) groups is 1. The predicted molar refractivity (Wildman–Crippen MR) is 59.4 cm³/mol. The number of piperazine rings is 1. The summed E-state index contributed by atoms with van der Waals surface area (Å²) in [7, 11) is 0. The highest BCUT2D eigenvalue weighted by atomic mass is 16.2. The van der Waals surface area contributed by atoms with Crippen LogP contribution in [-0.2, 0) is 4.79 Å². The van der Waals surface area contributed by atoms with Crippen molar-refractivity contribution in [2.75, 3.05) is 39.3 Å². The topological polar surface area (TPSA) is 27.9 Å². The summed E-state index contributed by atoms with van der Waals surface area (Å²) < 4.78 is 0. The van der Waals surface area contributed by atoms with Crippen molar-refractivity contribution in [1.29, 1.82) is 0 Å². The Bertz CT molecular complexity index is 239. The lowest BCUT2D eigenvalue weighted by Gasteiger charge is -2.33. The van der Waals surface area contributed by atoms with E-state index in [0.717, 1.165) is 32.7 Å². The number of amides is 1. The van der Waals surface area contributed by atoms with Gasteiger partial charge < -0.3 is 9.74 Å². The van der Waals surface area contributed by atoms with Gasteiger partial charge in [-0.25, -0.2) is 6.57 Å².